The van der Waals surface area contributed by atoms with E-state index in [9.17, 15) is 26.7 Å². The van der Waals surface area contributed by atoms with E-state index in [0.717, 1.165) is 5.56 Å². The Morgan fingerprint density at radius 2 is 1.81 bits per heavy atom. The van der Waals surface area contributed by atoms with E-state index in [1.54, 1.807) is 53.2 Å². The van der Waals surface area contributed by atoms with Gasteiger partial charge in [-0.2, -0.15) is 27.7 Å². The summed E-state index contributed by atoms with van der Waals surface area (Å²) >= 11 is 0. The van der Waals surface area contributed by atoms with Gasteiger partial charge in [-0.05, 0) is 13.8 Å². The fourth-order valence-electron chi connectivity index (χ4n) is 4.60. The van der Waals surface area contributed by atoms with Gasteiger partial charge >= 0.3 is 15.5 Å². The van der Waals surface area contributed by atoms with Gasteiger partial charge < -0.3 is 5.11 Å². The molecule has 0 saturated carbocycles. The Labute approximate surface area is 203 Å². The molecule has 0 aromatic carbocycles. The first kappa shape index (κ1) is 24.4. The summed E-state index contributed by atoms with van der Waals surface area (Å²) in [6, 6.07) is 1.80. The lowest BCUT2D eigenvalue weighted by atomic mass is 9.81. The predicted octanol–water partition coefficient (Wildman–Crippen LogP) is 2.01. The van der Waals surface area contributed by atoms with E-state index in [0.29, 0.717) is 27.0 Å². The van der Waals surface area contributed by atoms with Crippen LogP contribution in [0.15, 0.2) is 43.2 Å². The molecule has 11 nitrogen and oxygen atoms in total. The Balaban J connectivity index is 1.55. The number of rotatable bonds is 6. The molecular formula is C21H23F3N8O3S. The van der Waals surface area contributed by atoms with E-state index in [4.69, 9.17) is 4.98 Å². The second kappa shape index (κ2) is 7.85. The number of sulfonamides is 1. The van der Waals surface area contributed by atoms with Gasteiger partial charge in [-0.1, -0.05) is 0 Å². The molecule has 0 amide bonds. The number of halogens is 3. The average molecular weight is 525 g/mol. The highest BCUT2D eigenvalue weighted by Gasteiger charge is 2.59. The van der Waals surface area contributed by atoms with Crippen LogP contribution >= 0.6 is 0 Å². The lowest BCUT2D eigenvalue weighted by Gasteiger charge is -2.51. The molecule has 0 atom stereocenters. The summed E-state index contributed by atoms with van der Waals surface area (Å²) in [4.78, 5) is 9.08. The van der Waals surface area contributed by atoms with Crippen molar-refractivity contribution < 1.29 is 26.7 Å². The largest absolute Gasteiger partial charge is 0.511 e. The number of aliphatic hydroxyl groups is 1. The number of fused-ring (bicyclic) bond motifs is 1. The first-order valence-corrected chi connectivity index (χ1v) is 12.3. The number of aryl methyl sites for hydroxylation is 1. The van der Waals surface area contributed by atoms with Crippen molar-refractivity contribution >= 4 is 15.7 Å². The summed E-state index contributed by atoms with van der Waals surface area (Å²) in [6.07, 6.45) is 9.87. The Bertz CT molecular complexity index is 1540. The van der Waals surface area contributed by atoms with E-state index < -0.39 is 39.8 Å². The molecule has 1 N–H and O–H groups in total. The SMILES string of the molecule is Cn1cc(-c2cc3nccn3c(-c3cnn(C4(CC(C)(C)O)CN(S(=O)(=O)C(F)(F)F)C4)c3)n2)cn1. The molecule has 1 saturated heterocycles. The first-order chi connectivity index (χ1) is 16.7. The van der Waals surface area contributed by atoms with Crippen molar-refractivity contribution in [3.05, 3.63) is 43.2 Å². The van der Waals surface area contributed by atoms with Crippen LogP contribution in [-0.2, 0) is 22.6 Å². The van der Waals surface area contributed by atoms with Crippen molar-refractivity contribution in [2.45, 2.75) is 36.9 Å². The molecule has 1 aliphatic rings. The molecule has 5 heterocycles. The van der Waals surface area contributed by atoms with Crippen molar-refractivity contribution in [3.63, 3.8) is 0 Å². The van der Waals surface area contributed by atoms with E-state index in [2.05, 4.69) is 15.2 Å². The third-order valence-corrected chi connectivity index (χ3v) is 7.58. The van der Waals surface area contributed by atoms with Gasteiger partial charge in [0.25, 0.3) is 0 Å². The summed E-state index contributed by atoms with van der Waals surface area (Å²) in [7, 11) is -3.71. The molecule has 15 heteroatoms. The van der Waals surface area contributed by atoms with Crippen LogP contribution in [0.2, 0.25) is 0 Å². The fraction of sp³-hybridized carbons (Fsp3) is 0.429. The zero-order valence-corrected chi connectivity index (χ0v) is 20.4. The zero-order chi connectivity index (χ0) is 26.1. The number of nitrogens with zero attached hydrogens (tertiary/aromatic N) is 8. The minimum absolute atomic E-state index is 0.0192. The highest BCUT2D eigenvalue weighted by molar-refractivity contribution is 7.90. The number of aromatic nitrogens is 7. The van der Waals surface area contributed by atoms with Gasteiger partial charge in [0, 0.05) is 63.0 Å². The Hall–Kier alpha value is -3.30. The monoisotopic (exact) mass is 524 g/mol. The maximum absolute atomic E-state index is 13.1. The van der Waals surface area contributed by atoms with Crippen molar-refractivity contribution in [2.24, 2.45) is 7.05 Å². The highest BCUT2D eigenvalue weighted by Crippen LogP contribution is 2.42. The minimum Gasteiger partial charge on any atom is -0.390 e. The van der Waals surface area contributed by atoms with Crippen molar-refractivity contribution in [2.75, 3.05) is 13.1 Å². The van der Waals surface area contributed by atoms with E-state index in [1.807, 2.05) is 0 Å². The van der Waals surface area contributed by atoms with Crippen LogP contribution in [0, 0.1) is 0 Å². The van der Waals surface area contributed by atoms with Crippen molar-refractivity contribution in [1.29, 1.82) is 0 Å². The molecule has 0 unspecified atom stereocenters. The second-order valence-electron chi connectivity index (χ2n) is 9.63. The Kier molecular flexibility index (Phi) is 5.32. The normalized spacial score (nSPS) is 17.0. The summed E-state index contributed by atoms with van der Waals surface area (Å²) in [6.45, 7) is 2.05. The van der Waals surface area contributed by atoms with Gasteiger partial charge in [0.15, 0.2) is 0 Å². The molecule has 0 aliphatic carbocycles. The third-order valence-electron chi connectivity index (χ3n) is 6.05. The molecule has 0 bridgehead atoms. The minimum atomic E-state index is -5.50. The third kappa shape index (κ3) is 4.06. The maximum atomic E-state index is 13.1. The molecular weight excluding hydrogens is 501 g/mol. The smallest absolute Gasteiger partial charge is 0.390 e. The summed E-state index contributed by atoms with van der Waals surface area (Å²) in [5.74, 6) is 0.479. The number of hydrogen-bond acceptors (Lipinski definition) is 7. The topological polar surface area (TPSA) is 123 Å². The molecule has 0 spiro atoms. The number of hydrogen-bond donors (Lipinski definition) is 1. The van der Waals surface area contributed by atoms with E-state index in [1.165, 1.54) is 24.7 Å². The summed E-state index contributed by atoms with van der Waals surface area (Å²) in [5, 5.41) is 19.0. The molecule has 0 radical (unpaired) electrons. The molecule has 1 aliphatic heterocycles. The standard InChI is InChI=1S/C21H23F3N8O3S/c1-19(2,33)11-20(12-30(13-20)36(34,35)21(22,23)24)32-10-15(8-27-32)18-28-16(14-7-26-29(3)9-14)6-17-25-4-5-31(17)18/h4-10,33H,11-13H2,1-3H3. The van der Waals surface area contributed by atoms with Gasteiger partial charge in [-0.25, -0.2) is 18.4 Å². The maximum Gasteiger partial charge on any atom is 0.511 e. The Morgan fingerprint density at radius 1 is 1.11 bits per heavy atom. The quantitative estimate of drug-likeness (QED) is 0.409. The van der Waals surface area contributed by atoms with Gasteiger partial charge in [0.2, 0.25) is 0 Å². The average Bonchev–Trinajstić information content (AvgIpc) is 3.48. The molecule has 192 valence electrons. The Morgan fingerprint density at radius 3 is 2.42 bits per heavy atom. The summed E-state index contributed by atoms with van der Waals surface area (Å²) < 4.78 is 68.3. The van der Waals surface area contributed by atoms with Gasteiger partial charge in [-0.3, -0.25) is 13.8 Å². The summed E-state index contributed by atoms with van der Waals surface area (Å²) in [5.41, 5.74) is -5.35. The van der Waals surface area contributed by atoms with Crippen LogP contribution in [0.4, 0.5) is 13.2 Å². The van der Waals surface area contributed by atoms with Gasteiger partial charge in [0.05, 0.1) is 34.8 Å². The molecule has 5 rings (SSSR count). The van der Waals surface area contributed by atoms with Crippen LogP contribution in [0.1, 0.15) is 20.3 Å². The zero-order valence-electron chi connectivity index (χ0n) is 19.5. The van der Waals surface area contributed by atoms with Crippen LogP contribution in [-0.4, -0.2) is 76.0 Å². The van der Waals surface area contributed by atoms with E-state index >= 15 is 0 Å². The number of imidazole rings is 1. The fourth-order valence-corrected chi connectivity index (χ4v) is 5.71. The van der Waals surface area contributed by atoms with Crippen LogP contribution in [0.3, 0.4) is 0 Å². The lowest BCUT2D eigenvalue weighted by Crippen LogP contribution is -2.67. The molecule has 36 heavy (non-hydrogen) atoms. The van der Waals surface area contributed by atoms with Gasteiger partial charge in [-0.15, -0.1) is 0 Å². The predicted molar refractivity (Wildman–Crippen MR) is 122 cm³/mol. The number of alkyl halides is 3. The van der Waals surface area contributed by atoms with Gasteiger partial charge in [0.1, 0.15) is 11.5 Å². The van der Waals surface area contributed by atoms with Crippen LogP contribution in [0.5, 0.6) is 0 Å². The van der Waals surface area contributed by atoms with Crippen molar-refractivity contribution in [3.8, 4) is 22.6 Å². The molecule has 4 aromatic heterocycles. The molecule has 1 fully saturated rings. The van der Waals surface area contributed by atoms with E-state index in [-0.39, 0.29) is 6.42 Å². The first-order valence-electron chi connectivity index (χ1n) is 10.9. The molecule has 4 aromatic rings. The lowest BCUT2D eigenvalue weighted by molar-refractivity contribution is -0.0659. The highest BCUT2D eigenvalue weighted by atomic mass is 32.2. The van der Waals surface area contributed by atoms with Crippen LogP contribution in [0.25, 0.3) is 28.3 Å². The second-order valence-corrected chi connectivity index (χ2v) is 11.6. The van der Waals surface area contributed by atoms with Crippen LogP contribution < -0.4 is 0 Å². The van der Waals surface area contributed by atoms with Crippen molar-refractivity contribution in [1.82, 2.24) is 38.2 Å².